The molecule has 6 heteroatoms. The lowest BCUT2D eigenvalue weighted by Crippen LogP contribution is -2.40. The number of carbonyl (C=O) groups excluding carboxylic acids is 1. The van der Waals surface area contributed by atoms with Crippen molar-refractivity contribution in [2.75, 3.05) is 0 Å². The summed E-state index contributed by atoms with van der Waals surface area (Å²) in [6.45, 7) is 0. The predicted octanol–water partition coefficient (Wildman–Crippen LogP) is 3.56. The van der Waals surface area contributed by atoms with Gasteiger partial charge in [-0.3, -0.25) is 4.79 Å². The number of alkyl halides is 3. The van der Waals surface area contributed by atoms with Crippen LogP contribution in [0.15, 0.2) is 18.2 Å². The molecule has 0 saturated carbocycles. The fourth-order valence-corrected chi connectivity index (χ4v) is 3.40. The Morgan fingerprint density at radius 1 is 1.14 bits per heavy atom. The molecule has 2 nitrogen and oxygen atoms in total. The highest BCUT2D eigenvalue weighted by Crippen LogP contribution is 2.35. The highest BCUT2D eigenvalue weighted by Gasteiger charge is 2.38. The molecule has 2 aliphatic heterocycles. The van der Waals surface area contributed by atoms with E-state index < -0.39 is 17.6 Å². The number of piperidine rings is 1. The standard InChI is InChI=1S/C15H15F4NO/c16-13-4-1-8(7-12(13)15(17,18)19)14(21)9-5-10-2-3-11(6-9)20-10/h1,4,7,9-11,20H,2-3,5-6H2. The van der Waals surface area contributed by atoms with Crippen molar-refractivity contribution in [3.05, 3.63) is 35.1 Å². The lowest BCUT2D eigenvalue weighted by atomic mass is 9.85. The molecule has 114 valence electrons. The Morgan fingerprint density at radius 3 is 2.33 bits per heavy atom. The van der Waals surface area contributed by atoms with Crippen molar-refractivity contribution >= 4 is 5.78 Å². The summed E-state index contributed by atoms with van der Waals surface area (Å²) in [5.74, 6) is -1.92. The average molecular weight is 301 g/mol. The van der Waals surface area contributed by atoms with Crippen molar-refractivity contribution in [1.82, 2.24) is 5.32 Å². The van der Waals surface area contributed by atoms with Crippen LogP contribution < -0.4 is 5.32 Å². The average Bonchev–Trinajstić information content (AvgIpc) is 2.76. The van der Waals surface area contributed by atoms with Gasteiger partial charge in [0, 0.05) is 23.6 Å². The van der Waals surface area contributed by atoms with E-state index >= 15 is 0 Å². The van der Waals surface area contributed by atoms with Crippen LogP contribution in [0.1, 0.15) is 41.6 Å². The maximum Gasteiger partial charge on any atom is 0.419 e. The van der Waals surface area contributed by atoms with E-state index in [2.05, 4.69) is 5.32 Å². The van der Waals surface area contributed by atoms with Gasteiger partial charge in [-0.2, -0.15) is 13.2 Å². The largest absolute Gasteiger partial charge is 0.419 e. The molecule has 2 bridgehead atoms. The summed E-state index contributed by atoms with van der Waals surface area (Å²) in [5, 5.41) is 3.38. The van der Waals surface area contributed by atoms with Gasteiger partial charge in [-0.15, -0.1) is 0 Å². The van der Waals surface area contributed by atoms with Crippen LogP contribution in [0.4, 0.5) is 17.6 Å². The van der Waals surface area contributed by atoms with Crippen LogP contribution in [0, 0.1) is 11.7 Å². The molecule has 0 spiro atoms. The van der Waals surface area contributed by atoms with Crippen LogP contribution in [0.2, 0.25) is 0 Å². The van der Waals surface area contributed by atoms with Gasteiger partial charge in [0.05, 0.1) is 5.56 Å². The first kappa shape index (κ1) is 14.5. The molecule has 2 aliphatic rings. The van der Waals surface area contributed by atoms with Crippen LogP contribution in [0.25, 0.3) is 0 Å². The molecule has 2 atom stereocenters. The zero-order valence-electron chi connectivity index (χ0n) is 11.2. The Bertz CT molecular complexity index is 557. The smallest absolute Gasteiger partial charge is 0.311 e. The highest BCUT2D eigenvalue weighted by atomic mass is 19.4. The second kappa shape index (κ2) is 5.09. The maximum atomic E-state index is 13.3. The third-order valence-corrected chi connectivity index (χ3v) is 4.40. The predicted molar refractivity (Wildman–Crippen MR) is 68.4 cm³/mol. The SMILES string of the molecule is O=C(c1ccc(F)c(C(F)(F)F)c1)C1CC2CCC(C1)N2. The van der Waals surface area contributed by atoms with Crippen LogP contribution in [-0.2, 0) is 6.18 Å². The molecule has 2 fully saturated rings. The summed E-state index contributed by atoms with van der Waals surface area (Å²) < 4.78 is 51.4. The number of benzene rings is 1. The molecular weight excluding hydrogens is 286 g/mol. The lowest BCUT2D eigenvalue weighted by molar-refractivity contribution is -0.140. The molecule has 0 radical (unpaired) electrons. The van der Waals surface area contributed by atoms with Crippen LogP contribution in [-0.4, -0.2) is 17.9 Å². The minimum absolute atomic E-state index is 0.0463. The summed E-state index contributed by atoms with van der Waals surface area (Å²) in [5.41, 5.74) is -1.42. The van der Waals surface area contributed by atoms with Crippen molar-refractivity contribution in [2.24, 2.45) is 5.92 Å². The summed E-state index contributed by atoms with van der Waals surface area (Å²) >= 11 is 0. The molecule has 1 aromatic rings. The van der Waals surface area contributed by atoms with E-state index in [-0.39, 0.29) is 29.3 Å². The third kappa shape index (κ3) is 2.81. The third-order valence-electron chi connectivity index (χ3n) is 4.40. The van der Waals surface area contributed by atoms with Crippen LogP contribution in [0.3, 0.4) is 0 Å². The lowest BCUT2D eigenvalue weighted by Gasteiger charge is -2.28. The van der Waals surface area contributed by atoms with E-state index in [9.17, 15) is 22.4 Å². The molecule has 21 heavy (non-hydrogen) atoms. The first-order chi connectivity index (χ1) is 9.84. The van der Waals surface area contributed by atoms with Gasteiger partial charge in [0.2, 0.25) is 0 Å². The summed E-state index contributed by atoms with van der Waals surface area (Å²) in [6.07, 6.45) is -1.48. The topological polar surface area (TPSA) is 29.1 Å². The molecular formula is C15H15F4NO. The van der Waals surface area contributed by atoms with Gasteiger partial charge in [-0.05, 0) is 43.9 Å². The van der Waals surface area contributed by atoms with E-state index in [0.717, 1.165) is 25.0 Å². The number of nitrogens with one attached hydrogen (secondary N) is 1. The fraction of sp³-hybridized carbons (Fsp3) is 0.533. The number of hydrogen-bond donors (Lipinski definition) is 1. The van der Waals surface area contributed by atoms with E-state index in [4.69, 9.17) is 0 Å². The molecule has 2 unspecified atom stereocenters. The van der Waals surface area contributed by atoms with Gasteiger partial charge in [-0.1, -0.05) is 0 Å². The first-order valence-corrected chi connectivity index (χ1v) is 7.01. The monoisotopic (exact) mass is 301 g/mol. The molecule has 1 aromatic carbocycles. The highest BCUT2D eigenvalue weighted by molar-refractivity contribution is 5.98. The zero-order chi connectivity index (χ0) is 15.2. The molecule has 2 saturated heterocycles. The molecule has 0 amide bonds. The van der Waals surface area contributed by atoms with Gasteiger partial charge in [0.1, 0.15) is 5.82 Å². The molecule has 1 N–H and O–H groups in total. The van der Waals surface area contributed by atoms with Gasteiger partial charge in [0.15, 0.2) is 5.78 Å². The Balaban J connectivity index is 1.85. The van der Waals surface area contributed by atoms with Crippen LogP contribution >= 0.6 is 0 Å². The van der Waals surface area contributed by atoms with Crippen molar-refractivity contribution in [2.45, 2.75) is 43.9 Å². The summed E-state index contributed by atoms with van der Waals surface area (Å²) in [4.78, 5) is 12.4. The Kier molecular flexibility index (Phi) is 3.51. The first-order valence-electron chi connectivity index (χ1n) is 7.01. The Morgan fingerprint density at radius 2 is 1.76 bits per heavy atom. The van der Waals surface area contributed by atoms with E-state index in [0.29, 0.717) is 18.9 Å². The fourth-order valence-electron chi connectivity index (χ4n) is 3.40. The number of hydrogen-bond acceptors (Lipinski definition) is 2. The zero-order valence-corrected chi connectivity index (χ0v) is 11.2. The van der Waals surface area contributed by atoms with Crippen molar-refractivity contribution in [3.8, 4) is 0 Å². The van der Waals surface area contributed by atoms with Gasteiger partial charge >= 0.3 is 6.18 Å². The maximum absolute atomic E-state index is 13.3. The molecule has 3 rings (SSSR count). The number of carbonyl (C=O) groups is 1. The molecule has 0 aliphatic carbocycles. The van der Waals surface area contributed by atoms with Gasteiger partial charge in [0.25, 0.3) is 0 Å². The van der Waals surface area contributed by atoms with Gasteiger partial charge in [-0.25, -0.2) is 4.39 Å². The summed E-state index contributed by atoms with van der Waals surface area (Å²) in [7, 11) is 0. The molecule has 0 aromatic heterocycles. The number of rotatable bonds is 2. The second-order valence-corrected chi connectivity index (χ2v) is 5.86. The minimum atomic E-state index is -4.78. The quantitative estimate of drug-likeness (QED) is 0.668. The van der Waals surface area contributed by atoms with Crippen molar-refractivity contribution in [3.63, 3.8) is 0 Å². The Labute approximate surface area is 119 Å². The van der Waals surface area contributed by atoms with Gasteiger partial charge < -0.3 is 5.32 Å². The Hall–Kier alpha value is -1.43. The second-order valence-electron chi connectivity index (χ2n) is 5.86. The summed E-state index contributed by atoms with van der Waals surface area (Å²) in [6, 6.07) is 3.07. The van der Waals surface area contributed by atoms with Crippen LogP contribution in [0.5, 0.6) is 0 Å². The van der Waals surface area contributed by atoms with E-state index in [1.54, 1.807) is 0 Å². The van der Waals surface area contributed by atoms with E-state index in [1.165, 1.54) is 0 Å². The number of ketones is 1. The van der Waals surface area contributed by atoms with Crippen molar-refractivity contribution in [1.29, 1.82) is 0 Å². The minimum Gasteiger partial charge on any atom is -0.311 e. The normalized spacial score (nSPS) is 28.7. The number of fused-ring (bicyclic) bond motifs is 2. The number of halogens is 4. The van der Waals surface area contributed by atoms with Crippen molar-refractivity contribution < 1.29 is 22.4 Å². The molecule has 2 heterocycles. The number of Topliss-reactive ketones (excluding diaryl/α,β-unsaturated/α-hetero) is 1. The van der Waals surface area contributed by atoms with E-state index in [1.807, 2.05) is 0 Å².